The van der Waals surface area contributed by atoms with Crippen molar-refractivity contribution >= 4 is 4.46 Å². The van der Waals surface area contributed by atoms with Crippen LogP contribution in [0, 0.1) is 0 Å². The maximum absolute atomic E-state index is 11.9. The summed E-state index contributed by atoms with van der Waals surface area (Å²) in [5.41, 5.74) is 0. The van der Waals surface area contributed by atoms with Gasteiger partial charge < -0.3 is 0 Å². The molecule has 0 N–H and O–H groups in total. The van der Waals surface area contributed by atoms with Crippen LogP contribution in [0.15, 0.2) is 30.3 Å². The molecule has 0 atom stereocenters. The van der Waals surface area contributed by atoms with Gasteiger partial charge in [0.15, 0.2) is 0 Å². The van der Waals surface area contributed by atoms with Crippen LogP contribution in [0.4, 0.5) is 17.8 Å². The second-order valence-electron chi connectivity index (χ2n) is 1.97. The Kier molecular flexibility index (Phi) is 1.44. The van der Waals surface area contributed by atoms with Crippen LogP contribution in [-0.2, 0) is 13.0 Å². The maximum atomic E-state index is 11.9. The minimum absolute atomic E-state index is 0.361. The van der Waals surface area contributed by atoms with Gasteiger partial charge in [-0.1, -0.05) is 0 Å². The van der Waals surface area contributed by atoms with Crippen molar-refractivity contribution in [2.45, 2.75) is 0 Å². The van der Waals surface area contributed by atoms with E-state index < -0.39 is 17.5 Å². The van der Waals surface area contributed by atoms with Gasteiger partial charge in [-0.3, -0.25) is 0 Å². The molecule has 0 aromatic heterocycles. The molecule has 0 nitrogen and oxygen atoms in total. The summed E-state index contributed by atoms with van der Waals surface area (Å²) in [6, 6.07) is 3.81. The molecule has 0 heterocycles. The molecule has 0 amide bonds. The number of hydrogen-bond donors (Lipinski definition) is 0. The van der Waals surface area contributed by atoms with E-state index in [1.807, 2.05) is 0 Å². The molecule has 0 saturated heterocycles. The van der Waals surface area contributed by atoms with Crippen LogP contribution in [0.1, 0.15) is 0 Å². The minimum atomic E-state index is -9.39. The first-order valence-corrected chi connectivity index (χ1v) is 4.88. The Bertz CT molecular complexity index is 285. The van der Waals surface area contributed by atoms with Crippen molar-refractivity contribution in [1.29, 1.82) is 0 Å². The van der Waals surface area contributed by atoms with Gasteiger partial charge in [-0.05, 0) is 0 Å². The van der Waals surface area contributed by atoms with E-state index >= 15 is 0 Å². The molecule has 12 heavy (non-hydrogen) atoms. The number of benzene rings is 1. The Morgan fingerprint density at radius 1 is 0.750 bits per heavy atom. The van der Waals surface area contributed by atoms with Crippen molar-refractivity contribution in [1.82, 2.24) is 0 Å². The standard InChI is InChI=1S/C6H5.Cu.5FH/c1-2-4-6-5-3-1;;;;;;/h1-5H;;5*1H/q;+5;;;;;/p-5. The van der Waals surface area contributed by atoms with Crippen LogP contribution in [0.5, 0.6) is 0 Å². The molecule has 75 valence electrons. The molecular weight excluding hydrogens is 231 g/mol. The van der Waals surface area contributed by atoms with Crippen molar-refractivity contribution < 1.29 is 30.8 Å². The van der Waals surface area contributed by atoms with Crippen molar-refractivity contribution in [3.63, 3.8) is 0 Å². The summed E-state index contributed by atoms with van der Waals surface area (Å²) in [6.07, 6.45) is 0. The van der Waals surface area contributed by atoms with E-state index in [0.717, 1.165) is 12.1 Å². The second-order valence-corrected chi connectivity index (χ2v) is 4.75. The van der Waals surface area contributed by atoms with Crippen LogP contribution < -0.4 is 4.46 Å². The summed E-state index contributed by atoms with van der Waals surface area (Å²) in [5.74, 6) is 0. The van der Waals surface area contributed by atoms with Crippen molar-refractivity contribution in [2.75, 3.05) is 0 Å². The van der Waals surface area contributed by atoms with Gasteiger partial charge in [0.1, 0.15) is 0 Å². The zero-order valence-electron chi connectivity index (χ0n) is 5.58. The predicted molar refractivity (Wildman–Crippen MR) is 31.6 cm³/mol. The van der Waals surface area contributed by atoms with Crippen LogP contribution in [0.2, 0.25) is 0 Å². The fraction of sp³-hybridized carbons (Fsp3) is 0. The summed E-state index contributed by atoms with van der Waals surface area (Å²) in [4.78, 5) is 0. The average Bonchev–Trinajstić information content (AvgIpc) is 1.85. The molecule has 0 saturated carbocycles. The quantitative estimate of drug-likeness (QED) is 0.519. The van der Waals surface area contributed by atoms with Crippen LogP contribution in [0.3, 0.4) is 0 Å². The first-order valence-electron chi connectivity index (χ1n) is 2.63. The molecule has 0 unspecified atom stereocenters. The molecule has 0 fully saturated rings. The number of rotatable bonds is 1. The molecule has 0 aliphatic carbocycles. The van der Waals surface area contributed by atoms with Crippen LogP contribution in [-0.4, -0.2) is 0 Å². The van der Waals surface area contributed by atoms with Crippen molar-refractivity contribution in [3.05, 3.63) is 30.3 Å². The van der Waals surface area contributed by atoms with Crippen LogP contribution in [0.25, 0.3) is 0 Å². The van der Waals surface area contributed by atoms with Gasteiger partial charge in [0, 0.05) is 0 Å². The van der Waals surface area contributed by atoms with Gasteiger partial charge in [-0.2, -0.15) is 0 Å². The van der Waals surface area contributed by atoms with E-state index in [1.54, 1.807) is 0 Å². The fourth-order valence-corrected chi connectivity index (χ4v) is 1.36. The molecule has 1 aromatic carbocycles. The first-order chi connectivity index (χ1) is 5.09. The normalized spacial score (nSPS) is 18.1. The molecule has 6 heteroatoms. The number of hydrogen-bond acceptors (Lipinski definition) is 0. The third kappa shape index (κ3) is 2.19. The van der Waals surface area contributed by atoms with Crippen molar-refractivity contribution in [2.24, 2.45) is 0 Å². The van der Waals surface area contributed by atoms with E-state index in [9.17, 15) is 17.8 Å². The van der Waals surface area contributed by atoms with Gasteiger partial charge in [0.2, 0.25) is 0 Å². The summed E-state index contributed by atoms with van der Waals surface area (Å²) in [6.45, 7) is 0. The van der Waals surface area contributed by atoms with Gasteiger partial charge >= 0.3 is 65.6 Å². The molecule has 1 aromatic rings. The Morgan fingerprint density at radius 3 is 1.42 bits per heavy atom. The van der Waals surface area contributed by atoms with E-state index in [2.05, 4.69) is 0 Å². The van der Waals surface area contributed by atoms with E-state index in [0.29, 0.717) is 12.1 Å². The molecule has 0 bridgehead atoms. The Labute approximate surface area is 66.2 Å². The summed E-state index contributed by atoms with van der Waals surface area (Å²) >= 11 is -9.39. The van der Waals surface area contributed by atoms with Crippen molar-refractivity contribution in [3.8, 4) is 0 Å². The molecular formula is C6H5CuF5. The third-order valence-electron chi connectivity index (χ3n) is 1.04. The molecule has 1 rings (SSSR count). The van der Waals surface area contributed by atoms with E-state index in [4.69, 9.17) is 0 Å². The zero-order chi connectivity index (χ0) is 9.52. The Morgan fingerprint density at radius 2 is 1.17 bits per heavy atom. The Balaban J connectivity index is 3.36. The average molecular weight is 236 g/mol. The molecule has 0 aliphatic heterocycles. The monoisotopic (exact) mass is 235 g/mol. The fourth-order valence-electron chi connectivity index (χ4n) is 0.590. The van der Waals surface area contributed by atoms with Crippen LogP contribution >= 0.6 is 0 Å². The first kappa shape index (κ1) is 9.48. The molecule has 0 aliphatic rings. The Hall–Kier alpha value is -0.611. The zero-order valence-corrected chi connectivity index (χ0v) is 6.52. The van der Waals surface area contributed by atoms with E-state index in [1.165, 1.54) is 6.07 Å². The topological polar surface area (TPSA) is 0 Å². The summed E-state index contributed by atoms with van der Waals surface area (Å²) in [7, 11) is 0. The van der Waals surface area contributed by atoms with Gasteiger partial charge in [0.05, 0.1) is 0 Å². The SMILES string of the molecule is [F][Cu]([F])([F])([F])([F])[c]1ccccc1. The molecule has 0 spiro atoms. The predicted octanol–water partition coefficient (Wildman–Crippen LogP) is 2.96. The molecule has 0 radical (unpaired) electrons. The summed E-state index contributed by atoms with van der Waals surface area (Å²) in [5, 5.41) is 0. The van der Waals surface area contributed by atoms with Gasteiger partial charge in [0.25, 0.3) is 0 Å². The second kappa shape index (κ2) is 1.83. The van der Waals surface area contributed by atoms with Gasteiger partial charge in [-0.15, -0.1) is 0 Å². The summed E-state index contributed by atoms with van der Waals surface area (Å²) < 4.78 is 57.9. The third-order valence-corrected chi connectivity index (χ3v) is 2.38. The van der Waals surface area contributed by atoms with Gasteiger partial charge in [-0.25, -0.2) is 0 Å². The van der Waals surface area contributed by atoms with E-state index in [-0.39, 0.29) is 0 Å². The number of halogens is 5.